The minimum Gasteiger partial charge on any atom is -0.397 e. The SMILES string of the molecule is CNC(=O)c1ccc(N)c(NCCOCCN(C)C)c1. The van der Waals surface area contributed by atoms with E-state index < -0.39 is 0 Å². The summed E-state index contributed by atoms with van der Waals surface area (Å²) in [6, 6.07) is 5.17. The number of nitrogens with zero attached hydrogens (tertiary/aromatic N) is 1. The minimum absolute atomic E-state index is 0.129. The summed E-state index contributed by atoms with van der Waals surface area (Å²) in [5, 5.41) is 5.76. The number of nitrogens with two attached hydrogens (primary N) is 1. The molecule has 0 unspecified atom stereocenters. The van der Waals surface area contributed by atoms with Crippen LogP contribution in [0.25, 0.3) is 0 Å². The van der Waals surface area contributed by atoms with E-state index in [1.807, 2.05) is 14.1 Å². The second kappa shape index (κ2) is 8.39. The fourth-order valence-corrected chi connectivity index (χ4v) is 1.60. The number of benzene rings is 1. The van der Waals surface area contributed by atoms with Crippen molar-refractivity contribution in [1.29, 1.82) is 0 Å². The molecule has 0 fully saturated rings. The summed E-state index contributed by atoms with van der Waals surface area (Å²) in [4.78, 5) is 13.6. The smallest absolute Gasteiger partial charge is 0.251 e. The van der Waals surface area contributed by atoms with Gasteiger partial charge in [0.2, 0.25) is 0 Å². The molecule has 0 saturated carbocycles. The molecule has 0 aliphatic heterocycles. The lowest BCUT2D eigenvalue weighted by Crippen LogP contribution is -2.20. The lowest BCUT2D eigenvalue weighted by Gasteiger charge is -2.12. The molecule has 0 aliphatic carbocycles. The van der Waals surface area contributed by atoms with Gasteiger partial charge >= 0.3 is 0 Å². The van der Waals surface area contributed by atoms with E-state index in [2.05, 4.69) is 15.5 Å². The average Bonchev–Trinajstić information content (AvgIpc) is 2.43. The van der Waals surface area contributed by atoms with Crippen molar-refractivity contribution in [3.8, 4) is 0 Å². The monoisotopic (exact) mass is 280 g/mol. The van der Waals surface area contributed by atoms with E-state index >= 15 is 0 Å². The normalized spacial score (nSPS) is 10.6. The fourth-order valence-electron chi connectivity index (χ4n) is 1.60. The predicted molar refractivity (Wildman–Crippen MR) is 82.1 cm³/mol. The van der Waals surface area contributed by atoms with Crippen LogP contribution in [0, 0.1) is 0 Å². The molecule has 0 radical (unpaired) electrons. The molecule has 6 nitrogen and oxygen atoms in total. The number of nitrogen functional groups attached to an aromatic ring is 1. The van der Waals surface area contributed by atoms with Gasteiger partial charge in [0, 0.05) is 25.7 Å². The Bertz CT molecular complexity index is 435. The predicted octanol–water partition coefficient (Wildman–Crippen LogP) is 0.619. The highest BCUT2D eigenvalue weighted by molar-refractivity contribution is 5.96. The van der Waals surface area contributed by atoms with Crippen molar-refractivity contribution >= 4 is 17.3 Å². The lowest BCUT2D eigenvalue weighted by atomic mass is 10.1. The topological polar surface area (TPSA) is 79.6 Å². The summed E-state index contributed by atoms with van der Waals surface area (Å²) in [5.74, 6) is -0.129. The number of carbonyl (C=O) groups excluding carboxylic acids is 1. The Hall–Kier alpha value is -1.79. The van der Waals surface area contributed by atoms with Gasteiger partial charge in [0.05, 0.1) is 24.6 Å². The van der Waals surface area contributed by atoms with Crippen molar-refractivity contribution in [2.45, 2.75) is 0 Å². The Labute approximate surface area is 120 Å². The van der Waals surface area contributed by atoms with Crippen LogP contribution in [0.15, 0.2) is 18.2 Å². The van der Waals surface area contributed by atoms with E-state index in [1.165, 1.54) is 0 Å². The van der Waals surface area contributed by atoms with Gasteiger partial charge < -0.3 is 26.0 Å². The molecule has 1 aromatic carbocycles. The fraction of sp³-hybridized carbons (Fsp3) is 0.500. The summed E-state index contributed by atoms with van der Waals surface area (Å²) < 4.78 is 5.48. The molecular weight excluding hydrogens is 256 g/mol. The van der Waals surface area contributed by atoms with Crippen LogP contribution in [-0.2, 0) is 4.74 Å². The van der Waals surface area contributed by atoms with Gasteiger partial charge in [-0.25, -0.2) is 0 Å². The van der Waals surface area contributed by atoms with E-state index in [9.17, 15) is 4.79 Å². The van der Waals surface area contributed by atoms with E-state index in [4.69, 9.17) is 10.5 Å². The summed E-state index contributed by atoms with van der Waals surface area (Å²) >= 11 is 0. The molecule has 1 amide bonds. The van der Waals surface area contributed by atoms with E-state index in [0.717, 1.165) is 12.2 Å². The average molecular weight is 280 g/mol. The van der Waals surface area contributed by atoms with Crippen molar-refractivity contribution in [3.63, 3.8) is 0 Å². The molecule has 0 bridgehead atoms. The van der Waals surface area contributed by atoms with E-state index in [0.29, 0.717) is 31.0 Å². The number of likely N-dealkylation sites (N-methyl/N-ethyl adjacent to an activating group) is 1. The maximum atomic E-state index is 11.5. The number of carbonyl (C=O) groups is 1. The maximum absolute atomic E-state index is 11.5. The number of hydrogen-bond acceptors (Lipinski definition) is 5. The highest BCUT2D eigenvalue weighted by Crippen LogP contribution is 2.19. The van der Waals surface area contributed by atoms with Crippen molar-refractivity contribution in [1.82, 2.24) is 10.2 Å². The van der Waals surface area contributed by atoms with Gasteiger partial charge in [-0.1, -0.05) is 0 Å². The third-order valence-electron chi connectivity index (χ3n) is 2.79. The number of anilines is 2. The van der Waals surface area contributed by atoms with Crippen LogP contribution in [0.1, 0.15) is 10.4 Å². The van der Waals surface area contributed by atoms with Crippen molar-refractivity contribution < 1.29 is 9.53 Å². The van der Waals surface area contributed by atoms with Gasteiger partial charge in [-0.2, -0.15) is 0 Å². The Balaban J connectivity index is 2.41. The number of hydrogen-bond donors (Lipinski definition) is 3. The molecule has 1 aromatic rings. The molecule has 0 saturated heterocycles. The molecule has 6 heteroatoms. The highest BCUT2D eigenvalue weighted by atomic mass is 16.5. The molecule has 4 N–H and O–H groups in total. The number of nitrogens with one attached hydrogen (secondary N) is 2. The number of ether oxygens (including phenoxy) is 1. The Morgan fingerprint density at radius 3 is 2.75 bits per heavy atom. The first-order valence-corrected chi connectivity index (χ1v) is 6.62. The van der Waals surface area contributed by atoms with Gasteiger partial charge in [0.25, 0.3) is 5.91 Å². The number of amides is 1. The summed E-state index contributed by atoms with van der Waals surface area (Å²) in [7, 11) is 5.61. The van der Waals surface area contributed by atoms with Gasteiger partial charge in [0.15, 0.2) is 0 Å². The molecule has 0 aromatic heterocycles. The molecule has 0 spiro atoms. The van der Waals surface area contributed by atoms with Gasteiger partial charge in [0.1, 0.15) is 0 Å². The molecule has 1 rings (SSSR count). The maximum Gasteiger partial charge on any atom is 0.251 e. The molecule has 20 heavy (non-hydrogen) atoms. The van der Waals surface area contributed by atoms with Crippen molar-refractivity contribution in [2.24, 2.45) is 0 Å². The quantitative estimate of drug-likeness (QED) is 0.480. The van der Waals surface area contributed by atoms with Gasteiger partial charge in [-0.3, -0.25) is 4.79 Å². The third-order valence-corrected chi connectivity index (χ3v) is 2.79. The third kappa shape index (κ3) is 5.46. The van der Waals surface area contributed by atoms with Crippen LogP contribution in [0.5, 0.6) is 0 Å². The van der Waals surface area contributed by atoms with Crippen LogP contribution in [0.4, 0.5) is 11.4 Å². The lowest BCUT2D eigenvalue weighted by molar-refractivity contribution is 0.0963. The molecule has 112 valence electrons. The molecular formula is C14H24N4O2. The Morgan fingerprint density at radius 2 is 2.10 bits per heavy atom. The summed E-state index contributed by atoms with van der Waals surface area (Å²) in [6.07, 6.45) is 0. The largest absolute Gasteiger partial charge is 0.397 e. The van der Waals surface area contributed by atoms with Crippen LogP contribution < -0.4 is 16.4 Å². The van der Waals surface area contributed by atoms with Crippen LogP contribution in [-0.4, -0.2) is 58.3 Å². The van der Waals surface area contributed by atoms with Crippen LogP contribution >= 0.6 is 0 Å². The highest BCUT2D eigenvalue weighted by Gasteiger charge is 2.06. The van der Waals surface area contributed by atoms with Crippen molar-refractivity contribution in [2.75, 3.05) is 58.5 Å². The second-order valence-electron chi connectivity index (χ2n) is 4.72. The van der Waals surface area contributed by atoms with E-state index in [1.54, 1.807) is 25.2 Å². The van der Waals surface area contributed by atoms with Crippen LogP contribution in [0.2, 0.25) is 0 Å². The summed E-state index contributed by atoms with van der Waals surface area (Å²) in [5.41, 5.74) is 7.82. The first-order valence-electron chi connectivity index (χ1n) is 6.62. The zero-order chi connectivity index (χ0) is 15.0. The Kier molecular flexibility index (Phi) is 6.83. The molecule has 0 heterocycles. The van der Waals surface area contributed by atoms with Gasteiger partial charge in [-0.05, 0) is 32.3 Å². The first-order chi connectivity index (χ1) is 9.54. The Morgan fingerprint density at radius 1 is 1.35 bits per heavy atom. The molecule has 0 atom stereocenters. The van der Waals surface area contributed by atoms with Gasteiger partial charge in [-0.15, -0.1) is 0 Å². The van der Waals surface area contributed by atoms with E-state index in [-0.39, 0.29) is 5.91 Å². The number of rotatable bonds is 8. The standard InChI is InChI=1S/C14H24N4O2/c1-16-14(19)11-4-5-12(15)13(10-11)17-6-8-20-9-7-18(2)3/h4-5,10,17H,6-9,15H2,1-3H3,(H,16,19). The first kappa shape index (κ1) is 16.3. The molecule has 0 aliphatic rings. The summed E-state index contributed by atoms with van der Waals surface area (Å²) in [6.45, 7) is 2.84. The zero-order valence-electron chi connectivity index (χ0n) is 12.4. The second-order valence-corrected chi connectivity index (χ2v) is 4.72. The zero-order valence-corrected chi connectivity index (χ0v) is 12.4. The van der Waals surface area contributed by atoms with Crippen molar-refractivity contribution in [3.05, 3.63) is 23.8 Å². The van der Waals surface area contributed by atoms with Crippen LogP contribution in [0.3, 0.4) is 0 Å². The minimum atomic E-state index is -0.129.